The average molecular weight is 246 g/mol. The Morgan fingerprint density at radius 2 is 1.67 bits per heavy atom. The maximum atomic E-state index is 11.8. The molecular weight excluding hydrogens is 237 g/mol. The van der Waals surface area contributed by atoms with E-state index in [1.54, 1.807) is 0 Å². The fourth-order valence-corrected chi connectivity index (χ4v) is 1.83. The zero-order valence-electron chi connectivity index (χ0n) is 7.58. The third kappa shape index (κ3) is 2.83. The molecule has 0 bridgehead atoms. The lowest BCUT2D eigenvalue weighted by atomic mass is 10.1. The predicted molar refractivity (Wildman–Crippen MR) is 43.0 cm³/mol. The summed E-state index contributed by atoms with van der Waals surface area (Å²) in [6, 6.07) is 0. The first-order valence-corrected chi connectivity index (χ1v) is 5.69. The molecule has 0 saturated heterocycles. The number of alkyl halides is 3. The molecule has 1 rings (SSSR count). The summed E-state index contributed by atoms with van der Waals surface area (Å²) >= 11 is 0. The van der Waals surface area contributed by atoms with Gasteiger partial charge in [0.1, 0.15) is 0 Å². The first kappa shape index (κ1) is 12.3. The van der Waals surface area contributed by atoms with Crippen LogP contribution in [0.5, 0.6) is 0 Å². The highest BCUT2D eigenvalue weighted by atomic mass is 32.2. The molecule has 0 aromatic heterocycles. The molecule has 0 N–H and O–H groups in total. The molecule has 8 heteroatoms. The summed E-state index contributed by atoms with van der Waals surface area (Å²) in [6.07, 6.45) is 2.16. The van der Waals surface area contributed by atoms with Gasteiger partial charge in [0.05, 0.1) is 5.92 Å². The molecular formula is C7H9F3O4S. The number of carbonyl (C=O) groups excluding carboxylic acids is 1. The van der Waals surface area contributed by atoms with Crippen LogP contribution in [0.3, 0.4) is 0 Å². The van der Waals surface area contributed by atoms with Gasteiger partial charge in [-0.15, -0.1) is 0 Å². The van der Waals surface area contributed by atoms with Gasteiger partial charge >= 0.3 is 21.6 Å². The van der Waals surface area contributed by atoms with E-state index >= 15 is 0 Å². The van der Waals surface area contributed by atoms with Gasteiger partial charge in [-0.05, 0) is 12.8 Å². The summed E-state index contributed by atoms with van der Waals surface area (Å²) < 4.78 is 59.8. The molecule has 0 unspecified atom stereocenters. The van der Waals surface area contributed by atoms with Crippen molar-refractivity contribution in [3.8, 4) is 0 Å². The van der Waals surface area contributed by atoms with E-state index in [0.717, 1.165) is 0 Å². The highest BCUT2D eigenvalue weighted by Crippen LogP contribution is 2.30. The molecule has 1 saturated carbocycles. The summed E-state index contributed by atoms with van der Waals surface area (Å²) in [5.41, 5.74) is -5.54. The van der Waals surface area contributed by atoms with Crippen molar-refractivity contribution in [3.63, 3.8) is 0 Å². The van der Waals surface area contributed by atoms with Crippen LogP contribution in [0.15, 0.2) is 0 Å². The second kappa shape index (κ2) is 3.99. The van der Waals surface area contributed by atoms with Gasteiger partial charge in [0, 0.05) is 0 Å². The lowest BCUT2D eigenvalue weighted by molar-refractivity contribution is -0.140. The summed E-state index contributed by atoms with van der Waals surface area (Å²) in [5.74, 6) is -2.02. The van der Waals surface area contributed by atoms with Crippen LogP contribution < -0.4 is 0 Å². The SMILES string of the molecule is O=C(OS(=O)(=O)C(F)(F)F)C1CCCC1. The minimum atomic E-state index is -5.78. The molecule has 1 fully saturated rings. The maximum Gasteiger partial charge on any atom is 0.534 e. The van der Waals surface area contributed by atoms with E-state index in [0.29, 0.717) is 25.7 Å². The smallest absolute Gasteiger partial charge is 0.339 e. The van der Waals surface area contributed by atoms with E-state index in [4.69, 9.17) is 0 Å². The van der Waals surface area contributed by atoms with E-state index in [1.165, 1.54) is 0 Å². The summed E-state index contributed by atoms with van der Waals surface area (Å²) in [7, 11) is -5.78. The third-order valence-corrected chi connectivity index (χ3v) is 3.11. The second-order valence-electron chi connectivity index (χ2n) is 3.28. The molecule has 0 radical (unpaired) electrons. The fraction of sp³-hybridized carbons (Fsp3) is 0.857. The van der Waals surface area contributed by atoms with Crippen LogP contribution in [-0.2, 0) is 19.1 Å². The molecule has 88 valence electrons. The van der Waals surface area contributed by atoms with Crippen LogP contribution in [0.25, 0.3) is 0 Å². The first-order chi connectivity index (χ1) is 6.74. The maximum absolute atomic E-state index is 11.8. The fourth-order valence-electron chi connectivity index (χ4n) is 1.38. The van der Waals surface area contributed by atoms with E-state index in [-0.39, 0.29) is 0 Å². The van der Waals surface area contributed by atoms with Gasteiger partial charge in [-0.3, -0.25) is 4.79 Å². The van der Waals surface area contributed by atoms with Crippen LogP contribution in [-0.4, -0.2) is 19.9 Å². The van der Waals surface area contributed by atoms with Crippen molar-refractivity contribution in [2.75, 3.05) is 0 Å². The molecule has 0 amide bonds. The van der Waals surface area contributed by atoms with Gasteiger partial charge < -0.3 is 4.18 Å². The molecule has 1 aliphatic carbocycles. The highest BCUT2D eigenvalue weighted by molar-refractivity contribution is 7.88. The summed E-state index contributed by atoms with van der Waals surface area (Å²) in [5, 5.41) is 0. The highest BCUT2D eigenvalue weighted by Gasteiger charge is 2.50. The minimum absolute atomic E-state index is 0.381. The van der Waals surface area contributed by atoms with Crippen molar-refractivity contribution in [1.82, 2.24) is 0 Å². The first-order valence-electron chi connectivity index (χ1n) is 4.28. The topological polar surface area (TPSA) is 60.4 Å². The Hall–Kier alpha value is -0.790. The van der Waals surface area contributed by atoms with Gasteiger partial charge in [-0.25, -0.2) is 0 Å². The van der Waals surface area contributed by atoms with Crippen LogP contribution >= 0.6 is 0 Å². The number of hydrogen-bond acceptors (Lipinski definition) is 4. The van der Waals surface area contributed by atoms with Gasteiger partial charge in [0.15, 0.2) is 0 Å². The van der Waals surface area contributed by atoms with E-state index in [1.807, 2.05) is 0 Å². The standard InChI is InChI=1S/C7H9F3O4S/c8-7(9,10)15(12,13)14-6(11)5-3-1-2-4-5/h5H,1-4H2. The van der Waals surface area contributed by atoms with E-state index in [9.17, 15) is 26.4 Å². The Labute approximate surface area is 84.5 Å². The van der Waals surface area contributed by atoms with Crippen molar-refractivity contribution in [2.45, 2.75) is 31.2 Å². The summed E-state index contributed by atoms with van der Waals surface area (Å²) in [4.78, 5) is 11.0. The summed E-state index contributed by atoms with van der Waals surface area (Å²) in [6.45, 7) is 0. The van der Waals surface area contributed by atoms with Crippen LogP contribution in [0.2, 0.25) is 0 Å². The largest absolute Gasteiger partial charge is 0.534 e. The Morgan fingerprint density at radius 1 is 1.20 bits per heavy atom. The van der Waals surface area contributed by atoms with Crippen LogP contribution in [0.1, 0.15) is 25.7 Å². The molecule has 0 spiro atoms. The lowest BCUT2D eigenvalue weighted by Crippen LogP contribution is -2.30. The predicted octanol–water partition coefficient (Wildman–Crippen LogP) is 1.57. The zero-order chi connectivity index (χ0) is 11.7. The third-order valence-electron chi connectivity index (χ3n) is 2.16. The van der Waals surface area contributed by atoms with Crippen LogP contribution in [0, 0.1) is 5.92 Å². The van der Waals surface area contributed by atoms with E-state index < -0.39 is 27.5 Å². The molecule has 4 nitrogen and oxygen atoms in total. The molecule has 1 aliphatic rings. The van der Waals surface area contributed by atoms with Gasteiger partial charge in [-0.1, -0.05) is 12.8 Å². The Kier molecular flexibility index (Phi) is 3.27. The Bertz CT molecular complexity index is 340. The lowest BCUT2D eigenvalue weighted by Gasteiger charge is -2.10. The second-order valence-corrected chi connectivity index (χ2v) is 4.82. The van der Waals surface area contributed by atoms with Crippen molar-refractivity contribution < 1.29 is 30.6 Å². The zero-order valence-corrected chi connectivity index (χ0v) is 8.40. The molecule has 0 aromatic carbocycles. The normalized spacial score (nSPS) is 19.1. The van der Waals surface area contributed by atoms with Gasteiger partial charge in [0.25, 0.3) is 0 Å². The van der Waals surface area contributed by atoms with Gasteiger partial charge in [-0.2, -0.15) is 21.6 Å². The average Bonchev–Trinajstić information content (AvgIpc) is 2.51. The molecule has 0 atom stereocenters. The monoisotopic (exact) mass is 246 g/mol. The van der Waals surface area contributed by atoms with E-state index in [2.05, 4.69) is 4.18 Å². The van der Waals surface area contributed by atoms with Crippen molar-refractivity contribution >= 4 is 16.1 Å². The molecule has 0 aromatic rings. The van der Waals surface area contributed by atoms with Crippen LogP contribution in [0.4, 0.5) is 13.2 Å². The number of hydrogen-bond donors (Lipinski definition) is 0. The number of rotatable bonds is 2. The molecule has 0 aliphatic heterocycles. The van der Waals surface area contributed by atoms with Gasteiger partial charge in [0.2, 0.25) is 0 Å². The van der Waals surface area contributed by atoms with Crippen molar-refractivity contribution in [2.24, 2.45) is 5.92 Å². The minimum Gasteiger partial charge on any atom is -0.339 e. The van der Waals surface area contributed by atoms with Crippen molar-refractivity contribution in [1.29, 1.82) is 0 Å². The molecule has 0 heterocycles. The quantitative estimate of drug-likeness (QED) is 0.548. The van der Waals surface area contributed by atoms with Crippen molar-refractivity contribution in [3.05, 3.63) is 0 Å². The number of halogens is 3. The Balaban J connectivity index is 2.66. The molecule has 15 heavy (non-hydrogen) atoms. The number of carbonyl (C=O) groups is 1. The Morgan fingerprint density at radius 3 is 2.07 bits per heavy atom.